The fraction of sp³-hybridized carbons (Fsp3) is 0. The Kier molecular flexibility index (Phi) is 2.90. The van der Waals surface area contributed by atoms with E-state index >= 15 is 0 Å². The van der Waals surface area contributed by atoms with Gasteiger partial charge in [-0.3, -0.25) is 0 Å². The van der Waals surface area contributed by atoms with E-state index in [4.69, 9.17) is 0 Å². The second-order valence-electron chi connectivity index (χ2n) is 2.66. The Balaban J connectivity index is 2.57. The average molecular weight is 335 g/mol. The Bertz CT molecular complexity index is 433. The number of aromatic nitrogens is 1. The molecule has 0 saturated carbocycles. The van der Waals surface area contributed by atoms with Crippen molar-refractivity contribution in [3.05, 3.63) is 32.0 Å². The Morgan fingerprint density at radius 1 is 1.21 bits per heavy atom. The third kappa shape index (κ3) is 1.85. The molecule has 0 aliphatic heterocycles. The van der Waals surface area contributed by atoms with Gasteiger partial charge in [0.25, 0.3) is 0 Å². The molecule has 1 aromatic heterocycles. The molecule has 2 aromatic rings. The van der Waals surface area contributed by atoms with Crippen LogP contribution in [0.15, 0.2) is 32.0 Å². The predicted octanol–water partition coefficient (Wildman–Crippen LogP) is 4.04. The summed E-state index contributed by atoms with van der Waals surface area (Å²) in [6.07, 6.45) is 0. The smallest absolute Gasteiger partial charge is 0.143 e. The van der Waals surface area contributed by atoms with Crippen LogP contribution in [0.5, 0.6) is 5.75 Å². The van der Waals surface area contributed by atoms with E-state index in [2.05, 4.69) is 36.8 Å². The van der Waals surface area contributed by atoms with Crippen molar-refractivity contribution in [3.8, 4) is 17.0 Å². The van der Waals surface area contributed by atoms with Crippen molar-refractivity contribution in [3.63, 3.8) is 0 Å². The SMILES string of the molecule is Oc1c(Br)cc(-c2cscn2)cc1Br. The molecule has 2 nitrogen and oxygen atoms in total. The predicted molar refractivity (Wildman–Crippen MR) is 64.6 cm³/mol. The first-order valence-corrected chi connectivity index (χ1v) is 6.28. The highest BCUT2D eigenvalue weighted by atomic mass is 79.9. The number of nitrogens with zero attached hydrogens (tertiary/aromatic N) is 1. The van der Waals surface area contributed by atoms with Crippen LogP contribution in [0.2, 0.25) is 0 Å². The highest BCUT2D eigenvalue weighted by Gasteiger charge is 2.08. The molecule has 0 amide bonds. The fourth-order valence-electron chi connectivity index (χ4n) is 1.07. The molecule has 0 aliphatic carbocycles. The lowest BCUT2D eigenvalue weighted by atomic mass is 10.2. The number of hydrogen-bond donors (Lipinski definition) is 1. The summed E-state index contributed by atoms with van der Waals surface area (Å²) in [4.78, 5) is 4.19. The van der Waals surface area contributed by atoms with Crippen molar-refractivity contribution in [1.82, 2.24) is 4.98 Å². The van der Waals surface area contributed by atoms with Crippen molar-refractivity contribution >= 4 is 43.2 Å². The number of phenols is 1. The van der Waals surface area contributed by atoms with Crippen molar-refractivity contribution in [1.29, 1.82) is 0 Å². The van der Waals surface area contributed by atoms with Crippen LogP contribution >= 0.6 is 43.2 Å². The standard InChI is InChI=1S/C9H5Br2NOS/c10-6-1-5(2-7(11)9(6)13)8-3-14-4-12-8/h1-4,13H. The van der Waals surface area contributed by atoms with Gasteiger partial charge in [0.15, 0.2) is 0 Å². The van der Waals surface area contributed by atoms with Gasteiger partial charge in [0.2, 0.25) is 0 Å². The maximum Gasteiger partial charge on any atom is 0.143 e. The minimum atomic E-state index is 0.212. The van der Waals surface area contributed by atoms with Crippen molar-refractivity contribution in [2.45, 2.75) is 0 Å². The summed E-state index contributed by atoms with van der Waals surface area (Å²) in [5.74, 6) is 0.212. The lowest BCUT2D eigenvalue weighted by Gasteiger charge is -2.03. The molecule has 0 bridgehead atoms. The molecule has 0 radical (unpaired) electrons. The highest BCUT2D eigenvalue weighted by molar-refractivity contribution is 9.11. The van der Waals surface area contributed by atoms with Crippen LogP contribution in [0.3, 0.4) is 0 Å². The Hall–Kier alpha value is -0.390. The summed E-state index contributed by atoms with van der Waals surface area (Å²) in [5, 5.41) is 11.5. The molecule has 0 spiro atoms. The van der Waals surface area contributed by atoms with Crippen LogP contribution in [0.4, 0.5) is 0 Å². The molecule has 0 unspecified atom stereocenters. The normalized spacial score (nSPS) is 10.4. The minimum Gasteiger partial charge on any atom is -0.506 e. The second kappa shape index (κ2) is 4.00. The Labute approximate surface area is 102 Å². The van der Waals surface area contributed by atoms with E-state index in [9.17, 15) is 5.11 Å². The van der Waals surface area contributed by atoms with Crippen LogP contribution in [0.25, 0.3) is 11.3 Å². The summed E-state index contributed by atoms with van der Waals surface area (Å²) in [7, 11) is 0. The lowest BCUT2D eigenvalue weighted by Crippen LogP contribution is -1.79. The van der Waals surface area contributed by atoms with E-state index in [1.165, 1.54) is 0 Å². The van der Waals surface area contributed by atoms with Crippen molar-refractivity contribution < 1.29 is 5.11 Å². The van der Waals surface area contributed by atoms with Gasteiger partial charge in [-0.05, 0) is 44.0 Å². The van der Waals surface area contributed by atoms with Gasteiger partial charge < -0.3 is 5.11 Å². The fourth-order valence-corrected chi connectivity index (χ4v) is 2.82. The summed E-state index contributed by atoms with van der Waals surface area (Å²) < 4.78 is 1.32. The molecule has 0 atom stereocenters. The minimum absolute atomic E-state index is 0.212. The number of benzene rings is 1. The maximum atomic E-state index is 9.52. The van der Waals surface area contributed by atoms with Gasteiger partial charge in [0.1, 0.15) is 5.75 Å². The van der Waals surface area contributed by atoms with Gasteiger partial charge in [0.05, 0.1) is 20.1 Å². The first-order valence-electron chi connectivity index (χ1n) is 3.75. The third-order valence-corrected chi connectivity index (χ3v) is 3.54. The molecule has 0 fully saturated rings. The van der Waals surface area contributed by atoms with Crippen LogP contribution in [-0.2, 0) is 0 Å². The Morgan fingerprint density at radius 3 is 2.36 bits per heavy atom. The van der Waals surface area contributed by atoms with Crippen molar-refractivity contribution in [2.75, 3.05) is 0 Å². The molecule has 2 rings (SSSR count). The number of phenolic OH excluding ortho intramolecular Hbond substituents is 1. The van der Waals surface area contributed by atoms with Gasteiger partial charge in [-0.1, -0.05) is 0 Å². The first-order chi connectivity index (χ1) is 6.68. The molecule has 1 heterocycles. The quantitative estimate of drug-likeness (QED) is 0.853. The monoisotopic (exact) mass is 333 g/mol. The highest BCUT2D eigenvalue weighted by Crippen LogP contribution is 2.36. The molecule has 14 heavy (non-hydrogen) atoms. The first kappa shape index (κ1) is 10.1. The van der Waals surface area contributed by atoms with Crippen LogP contribution in [0, 0.1) is 0 Å². The molecule has 0 aliphatic rings. The molecular formula is C9H5Br2NOS. The number of aromatic hydroxyl groups is 1. The topological polar surface area (TPSA) is 33.1 Å². The molecule has 5 heteroatoms. The van der Waals surface area contributed by atoms with E-state index in [1.807, 2.05) is 17.5 Å². The van der Waals surface area contributed by atoms with Crippen LogP contribution in [0.1, 0.15) is 0 Å². The molecule has 72 valence electrons. The Morgan fingerprint density at radius 2 is 1.86 bits per heavy atom. The van der Waals surface area contributed by atoms with E-state index in [-0.39, 0.29) is 5.75 Å². The number of rotatable bonds is 1. The zero-order valence-electron chi connectivity index (χ0n) is 6.87. The zero-order chi connectivity index (χ0) is 10.1. The molecule has 1 aromatic carbocycles. The number of hydrogen-bond acceptors (Lipinski definition) is 3. The van der Waals surface area contributed by atoms with Crippen molar-refractivity contribution in [2.24, 2.45) is 0 Å². The summed E-state index contributed by atoms with van der Waals surface area (Å²) in [6, 6.07) is 3.68. The summed E-state index contributed by atoms with van der Waals surface area (Å²) >= 11 is 8.10. The van der Waals surface area contributed by atoms with Gasteiger partial charge in [-0.25, -0.2) is 4.98 Å². The van der Waals surface area contributed by atoms with Gasteiger partial charge in [0, 0.05) is 10.9 Å². The number of thiazole rings is 1. The van der Waals surface area contributed by atoms with Crippen LogP contribution < -0.4 is 0 Å². The molecule has 0 saturated heterocycles. The van der Waals surface area contributed by atoms with Gasteiger partial charge >= 0.3 is 0 Å². The molecular weight excluding hydrogens is 330 g/mol. The summed E-state index contributed by atoms with van der Waals surface area (Å²) in [6.45, 7) is 0. The second-order valence-corrected chi connectivity index (χ2v) is 5.09. The van der Waals surface area contributed by atoms with E-state index < -0.39 is 0 Å². The molecule has 1 N–H and O–H groups in total. The van der Waals surface area contributed by atoms with E-state index in [0.29, 0.717) is 8.95 Å². The van der Waals surface area contributed by atoms with E-state index in [0.717, 1.165) is 11.3 Å². The average Bonchev–Trinajstić information content (AvgIpc) is 2.66. The largest absolute Gasteiger partial charge is 0.506 e. The maximum absolute atomic E-state index is 9.52. The third-order valence-electron chi connectivity index (χ3n) is 1.74. The zero-order valence-corrected chi connectivity index (χ0v) is 10.9. The summed E-state index contributed by atoms with van der Waals surface area (Å²) in [5.41, 5.74) is 3.67. The lowest BCUT2D eigenvalue weighted by molar-refractivity contribution is 0.468. The number of halogens is 2. The van der Waals surface area contributed by atoms with Gasteiger partial charge in [-0.15, -0.1) is 11.3 Å². The van der Waals surface area contributed by atoms with E-state index in [1.54, 1.807) is 16.8 Å². The van der Waals surface area contributed by atoms with Gasteiger partial charge in [-0.2, -0.15) is 0 Å². The van der Waals surface area contributed by atoms with Crippen LogP contribution in [-0.4, -0.2) is 10.1 Å².